The first-order chi connectivity index (χ1) is 16.1. The summed E-state index contributed by atoms with van der Waals surface area (Å²) in [6.45, 7) is 26.5. The van der Waals surface area contributed by atoms with Crippen molar-refractivity contribution in [1.82, 2.24) is 0 Å². The molecule has 35 heavy (non-hydrogen) atoms. The number of benzene rings is 2. The molecule has 0 saturated carbocycles. The molecular weight excluding hydrogens is 463 g/mol. The van der Waals surface area contributed by atoms with Crippen LogP contribution in [-0.4, -0.2) is 18.1 Å². The zero-order valence-electron chi connectivity index (χ0n) is 24.2. The van der Waals surface area contributed by atoms with E-state index in [1.54, 1.807) is 0 Å². The number of nitrogens with two attached hydrogens (primary N) is 1. The number of allylic oxidation sites excluding steroid dienone is 2. The molecule has 2 N–H and O–H groups in total. The van der Waals surface area contributed by atoms with Gasteiger partial charge in [-0.3, -0.25) is 0 Å². The van der Waals surface area contributed by atoms with E-state index in [2.05, 4.69) is 112 Å². The first kappa shape index (κ1) is 29.2. The van der Waals surface area contributed by atoms with Crippen LogP contribution < -0.4 is 14.6 Å². The SMILES string of the molecule is CCC(=C(CC)c1ccc(C(C)(C)C)c(N)c1O[Si](C)C)c1ccc(C(C)(C)C)cc1O[Si](C)C. The molecule has 192 valence electrons. The second kappa shape index (κ2) is 11.4. The summed E-state index contributed by atoms with van der Waals surface area (Å²) in [5.74, 6) is 1.85. The van der Waals surface area contributed by atoms with Crippen LogP contribution in [0.25, 0.3) is 11.1 Å². The molecule has 0 heterocycles. The number of hydrogen-bond donors (Lipinski definition) is 1. The largest absolute Gasteiger partial charge is 0.542 e. The van der Waals surface area contributed by atoms with Crippen molar-refractivity contribution >= 4 is 34.9 Å². The second-order valence-corrected chi connectivity index (χ2v) is 15.8. The molecule has 0 aliphatic rings. The molecule has 3 nitrogen and oxygen atoms in total. The van der Waals surface area contributed by atoms with E-state index in [-0.39, 0.29) is 10.8 Å². The Hall–Kier alpha value is -1.99. The van der Waals surface area contributed by atoms with Gasteiger partial charge in [-0.1, -0.05) is 79.7 Å². The molecule has 0 aliphatic heterocycles. The van der Waals surface area contributed by atoms with Gasteiger partial charge >= 0.3 is 0 Å². The molecule has 2 rings (SSSR count). The Kier molecular flexibility index (Phi) is 9.51. The average molecular weight is 510 g/mol. The highest BCUT2D eigenvalue weighted by molar-refractivity contribution is 6.49. The molecule has 0 fully saturated rings. The van der Waals surface area contributed by atoms with E-state index in [1.165, 1.54) is 22.3 Å². The van der Waals surface area contributed by atoms with Crippen LogP contribution in [0, 0.1) is 0 Å². The van der Waals surface area contributed by atoms with Crippen molar-refractivity contribution in [2.75, 3.05) is 5.73 Å². The maximum absolute atomic E-state index is 6.80. The van der Waals surface area contributed by atoms with Gasteiger partial charge in [-0.05, 0) is 78.2 Å². The maximum atomic E-state index is 6.80. The van der Waals surface area contributed by atoms with Gasteiger partial charge in [-0.25, -0.2) is 0 Å². The van der Waals surface area contributed by atoms with Crippen molar-refractivity contribution in [2.24, 2.45) is 0 Å². The van der Waals surface area contributed by atoms with Crippen molar-refractivity contribution in [3.63, 3.8) is 0 Å². The molecule has 0 aliphatic carbocycles. The Bertz CT molecular complexity index is 1060. The van der Waals surface area contributed by atoms with E-state index in [0.717, 1.165) is 41.2 Å². The minimum Gasteiger partial charge on any atom is -0.542 e. The van der Waals surface area contributed by atoms with Crippen molar-refractivity contribution in [1.29, 1.82) is 0 Å². The predicted octanol–water partition coefficient (Wildman–Crippen LogP) is 8.85. The third-order valence-electron chi connectivity index (χ3n) is 6.19. The number of nitrogen functional groups attached to an aromatic ring is 1. The van der Waals surface area contributed by atoms with Gasteiger partial charge < -0.3 is 14.6 Å². The third kappa shape index (κ3) is 7.04. The molecule has 0 aromatic heterocycles. The average Bonchev–Trinajstić information content (AvgIpc) is 2.71. The van der Waals surface area contributed by atoms with Crippen molar-refractivity contribution < 1.29 is 8.85 Å². The summed E-state index contributed by atoms with van der Waals surface area (Å²) < 4.78 is 13.0. The van der Waals surface area contributed by atoms with Gasteiger partial charge in [0.05, 0.1) is 5.69 Å². The Morgan fingerprint density at radius 2 is 1.26 bits per heavy atom. The molecule has 2 radical (unpaired) electrons. The van der Waals surface area contributed by atoms with Crippen molar-refractivity contribution in [3.05, 3.63) is 52.6 Å². The van der Waals surface area contributed by atoms with Crippen LogP contribution in [0.2, 0.25) is 26.2 Å². The van der Waals surface area contributed by atoms with Gasteiger partial charge in [0.15, 0.2) is 0 Å². The Labute approximate surface area is 218 Å². The van der Waals surface area contributed by atoms with Crippen LogP contribution in [0.3, 0.4) is 0 Å². The van der Waals surface area contributed by atoms with E-state index in [4.69, 9.17) is 14.6 Å². The van der Waals surface area contributed by atoms with Gasteiger partial charge in [0.2, 0.25) is 0 Å². The van der Waals surface area contributed by atoms with Crippen LogP contribution in [0.15, 0.2) is 30.3 Å². The van der Waals surface area contributed by atoms with Gasteiger partial charge in [0, 0.05) is 11.1 Å². The summed E-state index contributed by atoms with van der Waals surface area (Å²) in [7, 11) is -1.92. The fourth-order valence-corrected chi connectivity index (χ4v) is 5.72. The Morgan fingerprint density at radius 3 is 1.71 bits per heavy atom. The van der Waals surface area contributed by atoms with E-state index >= 15 is 0 Å². The normalized spacial score (nSPS) is 13.3. The molecule has 0 atom stereocenters. The highest BCUT2D eigenvalue weighted by Gasteiger charge is 2.25. The van der Waals surface area contributed by atoms with E-state index < -0.39 is 18.1 Å². The van der Waals surface area contributed by atoms with Crippen molar-refractivity contribution in [3.8, 4) is 11.5 Å². The highest BCUT2D eigenvalue weighted by Crippen LogP contribution is 2.45. The monoisotopic (exact) mass is 509 g/mol. The molecule has 0 spiro atoms. The highest BCUT2D eigenvalue weighted by atomic mass is 28.3. The Morgan fingerprint density at radius 1 is 0.743 bits per heavy atom. The molecule has 0 bridgehead atoms. The molecule has 2 aromatic carbocycles. The second-order valence-electron chi connectivity index (χ2n) is 11.8. The Balaban J connectivity index is 2.89. The number of rotatable bonds is 8. The smallest absolute Gasteiger partial charge is 0.274 e. The number of hydrogen-bond acceptors (Lipinski definition) is 3. The molecule has 0 amide bonds. The molecule has 2 aromatic rings. The molecule has 0 saturated heterocycles. The fraction of sp³-hybridized carbons (Fsp3) is 0.533. The number of anilines is 1. The minimum atomic E-state index is -0.998. The first-order valence-corrected chi connectivity index (χ1v) is 17.7. The molecule has 0 unspecified atom stereocenters. The molecular formula is C30H47NO2Si2. The summed E-state index contributed by atoms with van der Waals surface area (Å²) >= 11 is 0. The van der Waals surface area contributed by atoms with Crippen molar-refractivity contribution in [2.45, 2.75) is 105 Å². The van der Waals surface area contributed by atoms with Gasteiger partial charge in [0.1, 0.15) is 11.5 Å². The van der Waals surface area contributed by atoms with E-state index in [1.807, 2.05) is 0 Å². The summed E-state index contributed by atoms with van der Waals surface area (Å²) in [4.78, 5) is 0. The quantitative estimate of drug-likeness (QED) is 0.219. The summed E-state index contributed by atoms with van der Waals surface area (Å²) in [5, 5.41) is 0. The summed E-state index contributed by atoms with van der Waals surface area (Å²) in [6, 6.07) is 11.2. The van der Waals surface area contributed by atoms with Crippen LogP contribution in [0.5, 0.6) is 11.5 Å². The minimum absolute atomic E-state index is 0.0523. The van der Waals surface area contributed by atoms with Crippen LogP contribution in [0.1, 0.15) is 90.5 Å². The first-order valence-electron chi connectivity index (χ1n) is 12.9. The maximum Gasteiger partial charge on any atom is 0.274 e. The van der Waals surface area contributed by atoms with Crippen LogP contribution >= 0.6 is 0 Å². The van der Waals surface area contributed by atoms with Gasteiger partial charge in [-0.15, -0.1) is 0 Å². The van der Waals surface area contributed by atoms with Crippen LogP contribution in [0.4, 0.5) is 5.69 Å². The zero-order valence-corrected chi connectivity index (χ0v) is 26.2. The van der Waals surface area contributed by atoms with E-state index in [9.17, 15) is 0 Å². The summed E-state index contributed by atoms with van der Waals surface area (Å²) in [5.41, 5.74) is 14.9. The van der Waals surface area contributed by atoms with E-state index in [0.29, 0.717) is 0 Å². The fourth-order valence-electron chi connectivity index (χ4n) is 4.48. The zero-order chi connectivity index (χ0) is 26.7. The topological polar surface area (TPSA) is 44.5 Å². The molecule has 5 heteroatoms. The standard InChI is InChI=1S/C30H47NO2Si2/c1-13-21(23-16-15-20(29(3,4)5)19-26(23)32-34(9)10)22(14-2)24-17-18-25(30(6,7)8)27(31)28(24)33-35(11)12/h15-19H,13-14,31H2,1-12H3. The lowest BCUT2D eigenvalue weighted by molar-refractivity contribution is 0.558. The summed E-state index contributed by atoms with van der Waals surface area (Å²) in [6.07, 6.45) is 1.79. The predicted molar refractivity (Wildman–Crippen MR) is 158 cm³/mol. The lowest BCUT2D eigenvalue weighted by Gasteiger charge is -2.27. The van der Waals surface area contributed by atoms with Gasteiger partial charge in [-0.2, -0.15) is 0 Å². The van der Waals surface area contributed by atoms with Gasteiger partial charge in [0.25, 0.3) is 18.1 Å². The third-order valence-corrected chi connectivity index (χ3v) is 7.43. The van der Waals surface area contributed by atoms with Crippen LogP contribution in [-0.2, 0) is 10.8 Å². The lowest BCUT2D eigenvalue weighted by Crippen LogP contribution is -2.19. The lowest BCUT2D eigenvalue weighted by atomic mass is 9.82.